The van der Waals surface area contributed by atoms with Gasteiger partial charge in [0.25, 0.3) is 5.56 Å². The van der Waals surface area contributed by atoms with Gasteiger partial charge in [0.15, 0.2) is 0 Å². The first-order chi connectivity index (χ1) is 13.0. The topological polar surface area (TPSA) is 66.9 Å². The Labute approximate surface area is 157 Å². The average molecular weight is 368 g/mol. The van der Waals surface area contributed by atoms with Gasteiger partial charge in [0.05, 0.1) is 13.1 Å². The molecule has 3 aromatic rings. The van der Waals surface area contributed by atoms with Crippen LogP contribution >= 0.6 is 0 Å². The van der Waals surface area contributed by atoms with Crippen molar-refractivity contribution in [3.63, 3.8) is 0 Å². The Kier molecular flexibility index (Phi) is 4.37. The first kappa shape index (κ1) is 17.6. The van der Waals surface area contributed by atoms with E-state index >= 15 is 0 Å². The Morgan fingerprint density at radius 2 is 2.07 bits per heavy atom. The fourth-order valence-electron chi connectivity index (χ4n) is 3.90. The number of imidazole rings is 1. The molecule has 0 radical (unpaired) electrons. The van der Waals surface area contributed by atoms with Crippen LogP contribution in [0.4, 0.5) is 11.6 Å². The highest BCUT2D eigenvalue weighted by Crippen LogP contribution is 2.26. The van der Waals surface area contributed by atoms with E-state index < -0.39 is 0 Å². The number of aromatic amines is 1. The van der Waals surface area contributed by atoms with Gasteiger partial charge in [-0.3, -0.25) is 13.9 Å². The van der Waals surface area contributed by atoms with Crippen molar-refractivity contribution in [1.29, 1.82) is 0 Å². The number of fused-ring (bicyclic) bond motifs is 3. The van der Waals surface area contributed by atoms with Crippen LogP contribution in [0.2, 0.25) is 0 Å². The van der Waals surface area contributed by atoms with Crippen LogP contribution < -0.4 is 20.7 Å². The molecular formula is C20H26N5O2+. The first-order valence-corrected chi connectivity index (χ1v) is 9.62. The van der Waals surface area contributed by atoms with Crippen LogP contribution in [-0.2, 0) is 20.1 Å². The van der Waals surface area contributed by atoms with Gasteiger partial charge in [-0.25, -0.2) is 19.2 Å². The molecule has 0 fully saturated rings. The van der Waals surface area contributed by atoms with Crippen LogP contribution in [0, 0.1) is 6.92 Å². The highest BCUT2D eigenvalue weighted by atomic mass is 16.2. The van der Waals surface area contributed by atoms with E-state index in [1.807, 2.05) is 10.6 Å². The van der Waals surface area contributed by atoms with E-state index in [9.17, 15) is 9.59 Å². The number of nitrogens with zero attached hydrogens (tertiary/aromatic N) is 4. The molecular weight excluding hydrogens is 342 g/mol. The Bertz CT molecular complexity index is 1120. The maximum absolute atomic E-state index is 13.1. The minimum Gasteiger partial charge on any atom is -0.267 e. The van der Waals surface area contributed by atoms with E-state index in [2.05, 4.69) is 41.9 Å². The van der Waals surface area contributed by atoms with E-state index in [0.717, 1.165) is 44.0 Å². The third-order valence-electron chi connectivity index (χ3n) is 5.35. The SMILES string of the molecule is CCCCn1c(=O)c2c([nH]c3[n+]2CCCN3c2cccc(C)c2)n(C)c1=O. The van der Waals surface area contributed by atoms with E-state index in [4.69, 9.17) is 0 Å². The standard InChI is InChI=1S/C20H25N5O2/c1-4-5-10-25-18(26)16-17(22(3)20(25)27)21-19-23(11-7-12-24(16)19)15-9-6-8-14(2)13-15/h6,8-9,13H,4-5,7,10-12H2,1-3H3/p+1. The number of aryl methyl sites for hydroxylation is 3. The lowest BCUT2D eigenvalue weighted by Crippen LogP contribution is -2.49. The summed E-state index contributed by atoms with van der Waals surface area (Å²) in [5, 5.41) is 0. The monoisotopic (exact) mass is 368 g/mol. The summed E-state index contributed by atoms with van der Waals surface area (Å²) in [5.74, 6) is 0.863. The second-order valence-corrected chi connectivity index (χ2v) is 7.29. The molecule has 1 aromatic carbocycles. The molecule has 0 aliphatic carbocycles. The third kappa shape index (κ3) is 2.78. The van der Waals surface area contributed by atoms with Crippen LogP contribution in [0.25, 0.3) is 11.2 Å². The number of hydrogen-bond donors (Lipinski definition) is 1. The van der Waals surface area contributed by atoms with Gasteiger partial charge < -0.3 is 0 Å². The van der Waals surface area contributed by atoms with E-state index in [1.165, 1.54) is 10.1 Å². The van der Waals surface area contributed by atoms with Crippen molar-refractivity contribution < 1.29 is 4.57 Å². The number of nitrogens with one attached hydrogen (secondary N) is 1. The highest BCUT2D eigenvalue weighted by molar-refractivity contribution is 5.70. The van der Waals surface area contributed by atoms with Gasteiger partial charge in [0.2, 0.25) is 11.2 Å². The van der Waals surface area contributed by atoms with Gasteiger partial charge >= 0.3 is 11.6 Å². The number of unbranched alkanes of at least 4 members (excludes halogenated alkanes) is 1. The van der Waals surface area contributed by atoms with Crippen molar-refractivity contribution in [1.82, 2.24) is 14.1 Å². The fraction of sp³-hybridized carbons (Fsp3) is 0.450. The van der Waals surface area contributed by atoms with Crippen LogP contribution in [-0.4, -0.2) is 20.7 Å². The van der Waals surface area contributed by atoms with E-state index in [-0.39, 0.29) is 11.2 Å². The van der Waals surface area contributed by atoms with Crippen LogP contribution in [0.1, 0.15) is 31.7 Å². The summed E-state index contributed by atoms with van der Waals surface area (Å²) >= 11 is 0. The zero-order valence-electron chi connectivity index (χ0n) is 16.2. The van der Waals surface area contributed by atoms with Gasteiger partial charge in [0.1, 0.15) is 5.69 Å². The van der Waals surface area contributed by atoms with Crippen LogP contribution in [0.5, 0.6) is 0 Å². The maximum atomic E-state index is 13.1. The fourth-order valence-corrected chi connectivity index (χ4v) is 3.90. The van der Waals surface area contributed by atoms with Crippen molar-refractivity contribution in [2.45, 2.75) is 46.2 Å². The minimum absolute atomic E-state index is 0.199. The molecule has 1 aliphatic rings. The smallest absolute Gasteiger partial charge is 0.267 e. The average Bonchev–Trinajstić information content (AvgIpc) is 3.06. The van der Waals surface area contributed by atoms with Gasteiger partial charge in [-0.1, -0.05) is 25.5 Å². The Morgan fingerprint density at radius 1 is 1.26 bits per heavy atom. The lowest BCUT2D eigenvalue weighted by molar-refractivity contribution is -0.663. The highest BCUT2D eigenvalue weighted by Gasteiger charge is 2.33. The zero-order valence-corrected chi connectivity index (χ0v) is 16.2. The Morgan fingerprint density at radius 3 is 2.81 bits per heavy atom. The molecule has 0 saturated carbocycles. The first-order valence-electron chi connectivity index (χ1n) is 9.62. The molecule has 0 bridgehead atoms. The second kappa shape index (κ2) is 6.72. The Hall–Kier alpha value is -2.83. The molecule has 0 spiro atoms. The normalized spacial score (nSPS) is 14.0. The summed E-state index contributed by atoms with van der Waals surface area (Å²) in [6.07, 6.45) is 2.69. The number of anilines is 2. The largest absolute Gasteiger partial charge is 0.364 e. The number of aromatic nitrogens is 4. The number of rotatable bonds is 4. The van der Waals surface area contributed by atoms with Crippen molar-refractivity contribution in [2.24, 2.45) is 7.05 Å². The van der Waals surface area contributed by atoms with Crippen LogP contribution in [0.15, 0.2) is 33.9 Å². The zero-order chi connectivity index (χ0) is 19.1. The number of benzene rings is 1. The second-order valence-electron chi connectivity index (χ2n) is 7.29. The third-order valence-corrected chi connectivity index (χ3v) is 5.35. The summed E-state index contributed by atoms with van der Waals surface area (Å²) in [5.41, 5.74) is 2.99. The summed E-state index contributed by atoms with van der Waals surface area (Å²) in [7, 11) is 1.73. The molecule has 3 heterocycles. The summed E-state index contributed by atoms with van der Waals surface area (Å²) in [6, 6.07) is 8.33. The predicted molar refractivity (Wildman–Crippen MR) is 106 cm³/mol. The number of H-pyrrole nitrogens is 1. The minimum atomic E-state index is -0.262. The molecule has 0 amide bonds. The van der Waals surface area contributed by atoms with Gasteiger partial charge in [0, 0.05) is 20.0 Å². The summed E-state index contributed by atoms with van der Waals surface area (Å²) in [6.45, 7) is 6.22. The van der Waals surface area contributed by atoms with Gasteiger partial charge in [-0.15, -0.1) is 0 Å². The van der Waals surface area contributed by atoms with Crippen molar-refractivity contribution in [3.8, 4) is 0 Å². The van der Waals surface area contributed by atoms with E-state index in [1.54, 1.807) is 11.6 Å². The molecule has 4 rings (SSSR count). The summed E-state index contributed by atoms with van der Waals surface area (Å²) in [4.78, 5) is 31.4. The van der Waals surface area contributed by atoms with Gasteiger partial charge in [-0.2, -0.15) is 0 Å². The molecule has 7 heteroatoms. The Balaban J connectivity index is 1.95. The molecule has 0 atom stereocenters. The lowest BCUT2D eigenvalue weighted by atomic mass is 10.2. The van der Waals surface area contributed by atoms with Crippen molar-refractivity contribution >= 4 is 22.8 Å². The van der Waals surface area contributed by atoms with Crippen molar-refractivity contribution in [2.75, 3.05) is 11.4 Å². The molecule has 142 valence electrons. The summed E-state index contributed by atoms with van der Waals surface area (Å²) < 4.78 is 4.97. The molecule has 0 saturated heterocycles. The molecule has 1 aliphatic heterocycles. The molecule has 7 nitrogen and oxygen atoms in total. The maximum Gasteiger partial charge on any atom is 0.364 e. The van der Waals surface area contributed by atoms with E-state index in [0.29, 0.717) is 17.7 Å². The van der Waals surface area contributed by atoms with Gasteiger partial charge in [-0.05, 0) is 31.0 Å². The molecule has 27 heavy (non-hydrogen) atoms. The molecule has 2 aromatic heterocycles. The van der Waals surface area contributed by atoms with Crippen LogP contribution in [0.3, 0.4) is 0 Å². The lowest BCUT2D eigenvalue weighted by Gasteiger charge is -2.22. The quantitative estimate of drug-likeness (QED) is 0.716. The molecule has 1 N–H and O–H groups in total. The molecule has 0 unspecified atom stereocenters. The number of hydrogen-bond acceptors (Lipinski definition) is 3. The predicted octanol–water partition coefficient (Wildman–Crippen LogP) is 1.97. The van der Waals surface area contributed by atoms with Crippen molar-refractivity contribution in [3.05, 3.63) is 50.7 Å².